The molecule has 0 unspecified atom stereocenters. The second-order valence-corrected chi connectivity index (χ2v) is 4.94. The lowest BCUT2D eigenvalue weighted by molar-refractivity contribution is 0.310. The summed E-state index contributed by atoms with van der Waals surface area (Å²) in [6, 6.07) is 13.2. The van der Waals surface area contributed by atoms with E-state index < -0.39 is 0 Å². The topological polar surface area (TPSA) is 78.1 Å². The van der Waals surface area contributed by atoms with Crippen molar-refractivity contribution in [1.82, 2.24) is 0 Å². The van der Waals surface area contributed by atoms with Crippen LogP contribution in [0.4, 0.5) is 5.69 Å². The summed E-state index contributed by atoms with van der Waals surface area (Å²) in [5, 5.41) is 3.04. The maximum absolute atomic E-state index is 5.96. The highest BCUT2D eigenvalue weighted by Gasteiger charge is 2.06. The molecule has 0 aliphatic heterocycles. The molecule has 0 heterocycles. The number of guanidine groups is 1. The molecule has 0 aliphatic rings. The SMILES string of the molecule is CCOc1cc(CN=C(N)Nc2ccccc2OC)ccc1OC. The fourth-order valence-electron chi connectivity index (χ4n) is 2.19. The molecule has 0 fully saturated rings. The average molecular weight is 329 g/mol. The Morgan fingerprint density at radius 2 is 1.79 bits per heavy atom. The van der Waals surface area contributed by atoms with Crippen LogP contribution in [-0.2, 0) is 6.54 Å². The Labute approximate surface area is 142 Å². The van der Waals surface area contributed by atoms with Crippen molar-refractivity contribution >= 4 is 11.6 Å². The van der Waals surface area contributed by atoms with E-state index >= 15 is 0 Å². The van der Waals surface area contributed by atoms with Gasteiger partial charge in [0.25, 0.3) is 0 Å². The molecule has 0 amide bonds. The summed E-state index contributed by atoms with van der Waals surface area (Å²) in [7, 11) is 3.23. The molecule has 6 heteroatoms. The standard InChI is InChI=1S/C18H23N3O3/c1-4-24-17-11-13(9-10-16(17)23-3)12-20-18(19)21-14-7-5-6-8-15(14)22-2/h5-11H,4,12H2,1-3H3,(H3,19,20,21). The number of nitrogens with zero attached hydrogens (tertiary/aromatic N) is 1. The molecule has 0 radical (unpaired) electrons. The van der Waals surface area contributed by atoms with Crippen molar-refractivity contribution in [3.05, 3.63) is 48.0 Å². The third kappa shape index (κ3) is 4.55. The quantitative estimate of drug-likeness (QED) is 0.603. The maximum atomic E-state index is 5.96. The highest BCUT2D eigenvalue weighted by Crippen LogP contribution is 2.28. The second kappa shape index (κ2) is 8.67. The van der Waals surface area contributed by atoms with Crippen molar-refractivity contribution in [2.75, 3.05) is 26.1 Å². The van der Waals surface area contributed by atoms with E-state index in [2.05, 4.69) is 10.3 Å². The second-order valence-electron chi connectivity index (χ2n) is 4.94. The maximum Gasteiger partial charge on any atom is 0.193 e. The molecule has 3 N–H and O–H groups in total. The van der Waals surface area contributed by atoms with Gasteiger partial charge in [0, 0.05) is 0 Å². The van der Waals surface area contributed by atoms with Crippen molar-refractivity contribution in [3.63, 3.8) is 0 Å². The Hall–Kier alpha value is -2.89. The van der Waals surface area contributed by atoms with E-state index in [1.54, 1.807) is 14.2 Å². The van der Waals surface area contributed by atoms with Crippen LogP contribution in [0.3, 0.4) is 0 Å². The van der Waals surface area contributed by atoms with Crippen LogP contribution in [0.2, 0.25) is 0 Å². The largest absolute Gasteiger partial charge is 0.495 e. The van der Waals surface area contributed by atoms with E-state index in [0.29, 0.717) is 36.4 Å². The molecule has 2 aromatic rings. The summed E-state index contributed by atoms with van der Waals surface area (Å²) in [6.45, 7) is 2.93. The van der Waals surface area contributed by atoms with Crippen LogP contribution < -0.4 is 25.3 Å². The molecule has 2 aromatic carbocycles. The molecule has 0 aromatic heterocycles. The highest BCUT2D eigenvalue weighted by atomic mass is 16.5. The van der Waals surface area contributed by atoms with Gasteiger partial charge in [0.15, 0.2) is 17.5 Å². The Balaban J connectivity index is 2.08. The molecular formula is C18H23N3O3. The first-order chi connectivity index (χ1) is 11.7. The fourth-order valence-corrected chi connectivity index (χ4v) is 2.19. The van der Waals surface area contributed by atoms with Crippen molar-refractivity contribution in [2.24, 2.45) is 10.7 Å². The van der Waals surface area contributed by atoms with Crippen LogP contribution in [0.15, 0.2) is 47.5 Å². The van der Waals surface area contributed by atoms with Gasteiger partial charge in [-0.2, -0.15) is 0 Å². The van der Waals surface area contributed by atoms with E-state index in [1.807, 2.05) is 49.4 Å². The van der Waals surface area contributed by atoms with Crippen LogP contribution in [0.1, 0.15) is 12.5 Å². The number of aliphatic imine (C=N–C) groups is 1. The lowest BCUT2D eigenvalue weighted by Gasteiger charge is -2.11. The lowest BCUT2D eigenvalue weighted by atomic mass is 10.2. The molecule has 6 nitrogen and oxygen atoms in total. The Morgan fingerprint density at radius 1 is 1.04 bits per heavy atom. The zero-order chi connectivity index (χ0) is 17.4. The molecule has 0 bridgehead atoms. The van der Waals surface area contributed by atoms with Gasteiger partial charge in [-0.1, -0.05) is 18.2 Å². The smallest absolute Gasteiger partial charge is 0.193 e. The summed E-state index contributed by atoms with van der Waals surface area (Å²) >= 11 is 0. The van der Waals surface area contributed by atoms with E-state index in [9.17, 15) is 0 Å². The predicted octanol–water partition coefficient (Wildman–Crippen LogP) is 3.03. The first kappa shape index (κ1) is 17.5. The van der Waals surface area contributed by atoms with Crippen LogP contribution in [0.5, 0.6) is 17.2 Å². The molecule has 2 rings (SSSR count). The molecule has 0 atom stereocenters. The molecule has 0 saturated carbocycles. The van der Waals surface area contributed by atoms with Crippen molar-refractivity contribution < 1.29 is 14.2 Å². The van der Waals surface area contributed by atoms with E-state index in [4.69, 9.17) is 19.9 Å². The summed E-state index contributed by atoms with van der Waals surface area (Å²) in [5.74, 6) is 2.42. The average Bonchev–Trinajstić information content (AvgIpc) is 2.61. The number of nitrogens with one attached hydrogen (secondary N) is 1. The highest BCUT2D eigenvalue weighted by molar-refractivity contribution is 5.93. The zero-order valence-electron chi connectivity index (χ0n) is 14.2. The number of hydrogen-bond acceptors (Lipinski definition) is 4. The molecule has 24 heavy (non-hydrogen) atoms. The van der Waals surface area contributed by atoms with E-state index in [1.165, 1.54) is 0 Å². The summed E-state index contributed by atoms with van der Waals surface area (Å²) < 4.78 is 16.1. The third-order valence-corrected chi connectivity index (χ3v) is 3.33. The molecule has 0 spiro atoms. The van der Waals surface area contributed by atoms with Crippen molar-refractivity contribution in [1.29, 1.82) is 0 Å². The Morgan fingerprint density at radius 3 is 2.50 bits per heavy atom. The number of ether oxygens (including phenoxy) is 3. The van der Waals surface area contributed by atoms with Gasteiger partial charge in [-0.3, -0.25) is 0 Å². The van der Waals surface area contributed by atoms with Crippen LogP contribution in [-0.4, -0.2) is 26.8 Å². The van der Waals surface area contributed by atoms with E-state index in [0.717, 1.165) is 11.3 Å². The number of rotatable bonds is 7. The third-order valence-electron chi connectivity index (χ3n) is 3.33. The van der Waals surface area contributed by atoms with Gasteiger partial charge in [-0.15, -0.1) is 0 Å². The Bertz CT molecular complexity index is 702. The first-order valence-electron chi connectivity index (χ1n) is 7.67. The minimum Gasteiger partial charge on any atom is -0.495 e. The van der Waals surface area contributed by atoms with Gasteiger partial charge in [0.05, 0.1) is 33.1 Å². The summed E-state index contributed by atoms with van der Waals surface area (Å²) in [5.41, 5.74) is 7.70. The van der Waals surface area contributed by atoms with Crippen LogP contribution in [0, 0.1) is 0 Å². The normalized spacial score (nSPS) is 11.0. The number of nitrogens with two attached hydrogens (primary N) is 1. The van der Waals surface area contributed by atoms with Gasteiger partial charge in [-0.05, 0) is 36.8 Å². The van der Waals surface area contributed by atoms with Gasteiger partial charge >= 0.3 is 0 Å². The number of para-hydroxylation sites is 2. The fraction of sp³-hybridized carbons (Fsp3) is 0.278. The van der Waals surface area contributed by atoms with Gasteiger partial charge in [0.2, 0.25) is 0 Å². The van der Waals surface area contributed by atoms with Crippen LogP contribution in [0.25, 0.3) is 0 Å². The first-order valence-corrected chi connectivity index (χ1v) is 7.67. The summed E-state index contributed by atoms with van der Waals surface area (Å²) in [6.07, 6.45) is 0. The number of benzene rings is 2. The number of hydrogen-bond donors (Lipinski definition) is 2. The zero-order valence-corrected chi connectivity index (χ0v) is 14.2. The van der Waals surface area contributed by atoms with Crippen molar-refractivity contribution in [3.8, 4) is 17.2 Å². The minimum absolute atomic E-state index is 0.313. The molecule has 0 aliphatic carbocycles. The van der Waals surface area contributed by atoms with Gasteiger partial charge in [0.1, 0.15) is 5.75 Å². The Kier molecular flexibility index (Phi) is 6.31. The predicted molar refractivity (Wildman–Crippen MR) is 96.1 cm³/mol. The van der Waals surface area contributed by atoms with Gasteiger partial charge < -0.3 is 25.3 Å². The van der Waals surface area contributed by atoms with Gasteiger partial charge in [-0.25, -0.2) is 4.99 Å². The lowest BCUT2D eigenvalue weighted by Crippen LogP contribution is -2.22. The van der Waals surface area contributed by atoms with Crippen LogP contribution >= 0.6 is 0 Å². The minimum atomic E-state index is 0.313. The monoisotopic (exact) mass is 329 g/mol. The molecule has 0 saturated heterocycles. The molecule has 128 valence electrons. The number of methoxy groups -OCH3 is 2. The van der Waals surface area contributed by atoms with E-state index in [-0.39, 0.29) is 0 Å². The summed E-state index contributed by atoms with van der Waals surface area (Å²) in [4.78, 5) is 4.35. The van der Waals surface area contributed by atoms with Crippen molar-refractivity contribution in [2.45, 2.75) is 13.5 Å². The molecular weight excluding hydrogens is 306 g/mol. The number of anilines is 1.